The van der Waals surface area contributed by atoms with Gasteiger partial charge in [0.1, 0.15) is 0 Å². The minimum Gasteiger partial charge on any atom is -0.349 e. The fourth-order valence-electron chi connectivity index (χ4n) is 4.26. The first kappa shape index (κ1) is 19.6. The summed E-state index contributed by atoms with van der Waals surface area (Å²) in [5.74, 6) is -0.0281. The van der Waals surface area contributed by atoms with Crippen molar-refractivity contribution in [2.24, 2.45) is 7.05 Å². The van der Waals surface area contributed by atoms with E-state index < -0.39 is 0 Å². The van der Waals surface area contributed by atoms with Gasteiger partial charge in [-0.3, -0.25) is 9.48 Å². The summed E-state index contributed by atoms with van der Waals surface area (Å²) in [6, 6.07) is 12.1. The molecule has 3 aromatic rings. The number of benzene rings is 1. The molecule has 1 saturated heterocycles. The second-order valence-electron chi connectivity index (χ2n) is 7.92. The normalized spacial score (nSPS) is 15.7. The molecule has 1 amide bonds. The number of likely N-dealkylation sites (tertiary alicyclic amines) is 1. The lowest BCUT2D eigenvalue weighted by molar-refractivity contribution is 0.0912. The molecule has 1 aliphatic rings. The zero-order valence-electron chi connectivity index (χ0n) is 17.5. The maximum absolute atomic E-state index is 13.3. The molecule has 0 aliphatic carbocycles. The second kappa shape index (κ2) is 8.33. The van der Waals surface area contributed by atoms with Crippen LogP contribution in [0.25, 0.3) is 22.3 Å². The number of rotatable bonds is 5. The molecule has 4 rings (SSSR count). The summed E-state index contributed by atoms with van der Waals surface area (Å²) in [5.41, 5.74) is 4.03. The fraction of sp³-hybridized carbons (Fsp3) is 0.435. The molecule has 2 aromatic heterocycles. The Hall–Kier alpha value is -2.73. The monoisotopic (exact) mass is 391 g/mol. The molecular formula is C23H29N5O. The largest absolute Gasteiger partial charge is 0.349 e. The van der Waals surface area contributed by atoms with Gasteiger partial charge in [-0.05, 0) is 38.8 Å². The number of nitrogens with zero attached hydrogens (tertiary/aromatic N) is 4. The maximum Gasteiger partial charge on any atom is 0.252 e. The smallest absolute Gasteiger partial charge is 0.252 e. The molecule has 1 N–H and O–H groups in total. The van der Waals surface area contributed by atoms with Crippen molar-refractivity contribution in [2.75, 3.05) is 19.6 Å². The predicted octanol–water partition coefficient (Wildman–Crippen LogP) is 3.55. The summed E-state index contributed by atoms with van der Waals surface area (Å²) in [5, 5.41) is 8.63. The number of aromatic nitrogens is 3. The van der Waals surface area contributed by atoms with Crippen LogP contribution in [0.1, 0.15) is 42.2 Å². The first-order valence-electron chi connectivity index (χ1n) is 10.5. The van der Waals surface area contributed by atoms with Crippen LogP contribution in [0.3, 0.4) is 0 Å². The minimum atomic E-state index is -0.0281. The standard InChI is InChI=1S/C23H29N5O/c1-4-12-28-13-10-18(11-14-28)24-23(29)19-15-20(17-8-6-5-7-9-17)25-22-21(19)16(2)26-27(22)3/h5-9,15,18H,4,10-14H2,1-3H3,(H,24,29). The molecule has 1 fully saturated rings. The molecule has 0 atom stereocenters. The number of pyridine rings is 1. The van der Waals surface area contributed by atoms with Gasteiger partial charge in [0.15, 0.2) is 5.65 Å². The average Bonchev–Trinajstić information content (AvgIpc) is 3.03. The van der Waals surface area contributed by atoms with Gasteiger partial charge >= 0.3 is 0 Å². The van der Waals surface area contributed by atoms with Gasteiger partial charge in [0.25, 0.3) is 5.91 Å². The van der Waals surface area contributed by atoms with Crippen LogP contribution in [0.2, 0.25) is 0 Å². The van der Waals surface area contributed by atoms with E-state index in [9.17, 15) is 4.79 Å². The fourth-order valence-corrected chi connectivity index (χ4v) is 4.26. The summed E-state index contributed by atoms with van der Waals surface area (Å²) >= 11 is 0. The van der Waals surface area contributed by atoms with Crippen LogP contribution < -0.4 is 5.32 Å². The molecule has 3 heterocycles. The summed E-state index contributed by atoms with van der Waals surface area (Å²) < 4.78 is 1.76. The minimum absolute atomic E-state index is 0.0281. The first-order valence-corrected chi connectivity index (χ1v) is 10.5. The van der Waals surface area contributed by atoms with Crippen molar-refractivity contribution in [1.29, 1.82) is 0 Å². The van der Waals surface area contributed by atoms with Crippen LogP contribution in [-0.4, -0.2) is 51.2 Å². The van der Waals surface area contributed by atoms with Crippen molar-refractivity contribution in [3.05, 3.63) is 47.7 Å². The molecule has 0 bridgehead atoms. The summed E-state index contributed by atoms with van der Waals surface area (Å²) in [7, 11) is 1.88. The number of piperidine rings is 1. The lowest BCUT2D eigenvalue weighted by atomic mass is 10.0. The van der Waals surface area contributed by atoms with Gasteiger partial charge in [-0.25, -0.2) is 4.98 Å². The van der Waals surface area contributed by atoms with Crippen LogP contribution in [0.5, 0.6) is 0 Å². The number of carbonyl (C=O) groups excluding carboxylic acids is 1. The highest BCUT2D eigenvalue weighted by atomic mass is 16.1. The molecule has 152 valence electrons. The van der Waals surface area contributed by atoms with Gasteiger partial charge in [-0.15, -0.1) is 0 Å². The van der Waals surface area contributed by atoms with E-state index in [2.05, 4.69) is 22.2 Å². The zero-order chi connectivity index (χ0) is 20.4. The van der Waals surface area contributed by atoms with Crippen molar-refractivity contribution >= 4 is 16.9 Å². The molecule has 1 aliphatic heterocycles. The SMILES string of the molecule is CCCN1CCC(NC(=O)c2cc(-c3ccccc3)nc3c2c(C)nn3C)CC1. The topological polar surface area (TPSA) is 63.1 Å². The number of carbonyl (C=O) groups is 1. The van der Waals surface area contributed by atoms with Gasteiger partial charge in [-0.1, -0.05) is 37.3 Å². The van der Waals surface area contributed by atoms with Crippen LogP contribution >= 0.6 is 0 Å². The number of fused-ring (bicyclic) bond motifs is 1. The van der Waals surface area contributed by atoms with E-state index in [4.69, 9.17) is 4.98 Å². The van der Waals surface area contributed by atoms with Crippen LogP contribution in [0, 0.1) is 6.92 Å². The Morgan fingerprint density at radius 3 is 2.62 bits per heavy atom. The molecular weight excluding hydrogens is 362 g/mol. The van der Waals surface area contributed by atoms with Gasteiger partial charge in [0.2, 0.25) is 0 Å². The third-order valence-corrected chi connectivity index (χ3v) is 5.75. The number of amides is 1. The number of hydrogen-bond donors (Lipinski definition) is 1. The highest BCUT2D eigenvalue weighted by molar-refractivity contribution is 6.07. The Morgan fingerprint density at radius 2 is 1.93 bits per heavy atom. The van der Waals surface area contributed by atoms with Crippen molar-refractivity contribution in [3.8, 4) is 11.3 Å². The first-order chi connectivity index (χ1) is 14.1. The van der Waals surface area contributed by atoms with E-state index in [-0.39, 0.29) is 11.9 Å². The van der Waals surface area contributed by atoms with Crippen molar-refractivity contribution in [2.45, 2.75) is 39.2 Å². The Bertz CT molecular complexity index is 1000. The Kier molecular flexibility index (Phi) is 5.62. The van der Waals surface area contributed by atoms with E-state index in [1.807, 2.05) is 50.4 Å². The van der Waals surface area contributed by atoms with Crippen LogP contribution in [0.4, 0.5) is 0 Å². The van der Waals surface area contributed by atoms with E-state index in [1.165, 1.54) is 6.42 Å². The number of hydrogen-bond acceptors (Lipinski definition) is 4. The number of nitrogens with one attached hydrogen (secondary N) is 1. The summed E-state index contributed by atoms with van der Waals surface area (Å²) in [6.07, 6.45) is 3.17. The molecule has 0 unspecified atom stereocenters. The summed E-state index contributed by atoms with van der Waals surface area (Å²) in [4.78, 5) is 20.6. The predicted molar refractivity (Wildman–Crippen MR) is 116 cm³/mol. The van der Waals surface area contributed by atoms with Gasteiger partial charge < -0.3 is 10.2 Å². The molecule has 0 radical (unpaired) electrons. The highest BCUT2D eigenvalue weighted by Crippen LogP contribution is 2.27. The lowest BCUT2D eigenvalue weighted by Crippen LogP contribution is -2.44. The average molecular weight is 392 g/mol. The van der Waals surface area contributed by atoms with Crippen LogP contribution in [0.15, 0.2) is 36.4 Å². The second-order valence-corrected chi connectivity index (χ2v) is 7.92. The van der Waals surface area contributed by atoms with E-state index in [0.29, 0.717) is 5.56 Å². The Balaban J connectivity index is 1.64. The van der Waals surface area contributed by atoms with Gasteiger partial charge in [-0.2, -0.15) is 5.10 Å². The number of aryl methyl sites for hydroxylation is 2. The van der Waals surface area contributed by atoms with Gasteiger partial charge in [0, 0.05) is 31.7 Å². The van der Waals surface area contributed by atoms with Crippen molar-refractivity contribution in [1.82, 2.24) is 25.0 Å². The van der Waals surface area contributed by atoms with E-state index in [0.717, 1.165) is 60.5 Å². The highest BCUT2D eigenvalue weighted by Gasteiger charge is 2.24. The van der Waals surface area contributed by atoms with Crippen LogP contribution in [-0.2, 0) is 7.05 Å². The van der Waals surface area contributed by atoms with Gasteiger partial charge in [0.05, 0.1) is 22.3 Å². The van der Waals surface area contributed by atoms with Crippen molar-refractivity contribution < 1.29 is 4.79 Å². The molecule has 6 heteroatoms. The lowest BCUT2D eigenvalue weighted by Gasteiger charge is -2.32. The maximum atomic E-state index is 13.3. The molecule has 0 saturated carbocycles. The Labute approximate surface area is 171 Å². The third-order valence-electron chi connectivity index (χ3n) is 5.75. The molecule has 29 heavy (non-hydrogen) atoms. The third kappa shape index (κ3) is 4.03. The summed E-state index contributed by atoms with van der Waals surface area (Å²) in [6.45, 7) is 7.38. The zero-order valence-corrected chi connectivity index (χ0v) is 17.5. The van der Waals surface area contributed by atoms with E-state index >= 15 is 0 Å². The van der Waals surface area contributed by atoms with E-state index in [1.54, 1.807) is 4.68 Å². The Morgan fingerprint density at radius 1 is 1.21 bits per heavy atom. The molecule has 0 spiro atoms. The molecule has 1 aromatic carbocycles. The molecule has 6 nitrogen and oxygen atoms in total. The van der Waals surface area contributed by atoms with Crippen molar-refractivity contribution in [3.63, 3.8) is 0 Å². The quantitative estimate of drug-likeness (QED) is 0.722.